The zero-order valence-corrected chi connectivity index (χ0v) is 12.5. The van der Waals surface area contributed by atoms with Crippen LogP contribution in [-0.4, -0.2) is 31.6 Å². The van der Waals surface area contributed by atoms with E-state index in [-0.39, 0.29) is 18.4 Å². The van der Waals surface area contributed by atoms with E-state index in [1.807, 2.05) is 4.90 Å². The molecule has 0 saturated carbocycles. The van der Waals surface area contributed by atoms with E-state index in [1.165, 1.54) is 6.07 Å². The summed E-state index contributed by atoms with van der Waals surface area (Å²) in [4.78, 5) is 25.3. The van der Waals surface area contributed by atoms with Crippen LogP contribution in [0.25, 0.3) is 0 Å². The van der Waals surface area contributed by atoms with E-state index in [2.05, 4.69) is 0 Å². The zero-order valence-electron chi connectivity index (χ0n) is 11.8. The van der Waals surface area contributed by atoms with E-state index in [1.54, 1.807) is 13.0 Å². The maximum Gasteiger partial charge on any atom is 0.340 e. The summed E-state index contributed by atoms with van der Waals surface area (Å²) in [5.74, 6) is -1.07. The number of amides is 1. The molecule has 2 rings (SSSR count). The second kappa shape index (κ2) is 6.22. The molecular formula is C14H18ClN3O3. The molecule has 0 aliphatic carbocycles. The van der Waals surface area contributed by atoms with Crippen molar-refractivity contribution in [3.63, 3.8) is 0 Å². The van der Waals surface area contributed by atoms with Crippen molar-refractivity contribution in [3.05, 3.63) is 22.7 Å². The maximum atomic E-state index is 12.1. The molecule has 1 aromatic rings. The highest BCUT2D eigenvalue weighted by molar-refractivity contribution is 6.34. The van der Waals surface area contributed by atoms with Crippen LogP contribution in [0.1, 0.15) is 23.7 Å². The monoisotopic (exact) mass is 311 g/mol. The normalized spacial score (nSPS) is 17.8. The molecule has 21 heavy (non-hydrogen) atoms. The smallest absolute Gasteiger partial charge is 0.340 e. The van der Waals surface area contributed by atoms with Gasteiger partial charge in [-0.2, -0.15) is 0 Å². The minimum atomic E-state index is -0.482. The van der Waals surface area contributed by atoms with Crippen LogP contribution in [0.15, 0.2) is 12.1 Å². The fourth-order valence-corrected chi connectivity index (χ4v) is 2.85. The Morgan fingerprint density at radius 2 is 2.19 bits per heavy atom. The number of primary amides is 1. The minimum Gasteiger partial charge on any atom is -0.462 e. The highest BCUT2D eigenvalue weighted by Gasteiger charge is 2.31. The van der Waals surface area contributed by atoms with Gasteiger partial charge < -0.3 is 21.1 Å². The molecule has 1 aromatic carbocycles. The first-order chi connectivity index (χ1) is 9.93. The van der Waals surface area contributed by atoms with Gasteiger partial charge in [0.1, 0.15) is 0 Å². The highest BCUT2D eigenvalue weighted by Crippen LogP contribution is 2.36. The third kappa shape index (κ3) is 3.21. The van der Waals surface area contributed by atoms with E-state index in [9.17, 15) is 9.59 Å². The molecule has 0 spiro atoms. The minimum absolute atomic E-state index is 0.242. The molecule has 1 atom stereocenters. The Bertz CT molecular complexity index is 577. The molecule has 0 radical (unpaired) electrons. The molecule has 0 bridgehead atoms. The molecule has 7 heteroatoms. The van der Waals surface area contributed by atoms with Gasteiger partial charge in [0.25, 0.3) is 0 Å². The number of carbonyl (C=O) groups is 2. The van der Waals surface area contributed by atoms with Gasteiger partial charge in [0.2, 0.25) is 5.91 Å². The summed E-state index contributed by atoms with van der Waals surface area (Å²) >= 11 is 6.24. The Morgan fingerprint density at radius 1 is 1.48 bits per heavy atom. The van der Waals surface area contributed by atoms with Crippen LogP contribution in [0.2, 0.25) is 5.02 Å². The number of nitrogens with zero attached hydrogens (tertiary/aromatic N) is 1. The van der Waals surface area contributed by atoms with Crippen LogP contribution in [0.5, 0.6) is 0 Å². The van der Waals surface area contributed by atoms with Crippen molar-refractivity contribution in [2.24, 2.45) is 11.7 Å². The summed E-state index contributed by atoms with van der Waals surface area (Å²) in [7, 11) is 0. The third-order valence-corrected chi connectivity index (χ3v) is 3.78. The number of anilines is 2. The Morgan fingerprint density at radius 3 is 2.76 bits per heavy atom. The Balaban J connectivity index is 2.38. The molecule has 1 heterocycles. The van der Waals surface area contributed by atoms with Gasteiger partial charge in [-0.1, -0.05) is 11.6 Å². The number of benzene rings is 1. The zero-order chi connectivity index (χ0) is 15.6. The van der Waals surface area contributed by atoms with Crippen LogP contribution < -0.4 is 16.4 Å². The first kappa shape index (κ1) is 15.4. The number of halogens is 1. The molecular weight excluding hydrogens is 294 g/mol. The van der Waals surface area contributed by atoms with Crippen molar-refractivity contribution in [2.75, 3.05) is 30.3 Å². The Hall–Kier alpha value is -1.95. The van der Waals surface area contributed by atoms with Gasteiger partial charge >= 0.3 is 5.97 Å². The van der Waals surface area contributed by atoms with Gasteiger partial charge in [0.15, 0.2) is 0 Å². The molecule has 1 fully saturated rings. The molecule has 114 valence electrons. The molecule has 4 N–H and O–H groups in total. The van der Waals surface area contributed by atoms with Crippen LogP contribution in [0.4, 0.5) is 11.4 Å². The van der Waals surface area contributed by atoms with Crippen molar-refractivity contribution in [1.29, 1.82) is 0 Å². The summed E-state index contributed by atoms with van der Waals surface area (Å²) in [6.07, 6.45) is 0.637. The average molecular weight is 312 g/mol. The van der Waals surface area contributed by atoms with Gasteiger partial charge in [-0.3, -0.25) is 4.79 Å². The Labute approximate surface area is 128 Å². The quantitative estimate of drug-likeness (QED) is 0.647. The SMILES string of the molecule is CCOC(=O)c1cc(N)cc(Cl)c1N1CCC(C(N)=O)C1. The topological polar surface area (TPSA) is 98.7 Å². The summed E-state index contributed by atoms with van der Waals surface area (Å²) in [6.45, 7) is 3.02. The number of carbonyl (C=O) groups excluding carboxylic acids is 2. The lowest BCUT2D eigenvalue weighted by Gasteiger charge is -2.23. The highest BCUT2D eigenvalue weighted by atomic mass is 35.5. The first-order valence-corrected chi connectivity index (χ1v) is 7.12. The molecule has 1 unspecified atom stereocenters. The molecule has 0 aromatic heterocycles. The predicted molar refractivity (Wildman–Crippen MR) is 81.3 cm³/mol. The lowest BCUT2D eigenvalue weighted by atomic mass is 10.1. The second-order valence-electron chi connectivity index (χ2n) is 4.95. The number of rotatable bonds is 4. The van der Waals surface area contributed by atoms with Crippen LogP contribution in [0.3, 0.4) is 0 Å². The molecule has 1 saturated heterocycles. The lowest BCUT2D eigenvalue weighted by Crippen LogP contribution is -2.28. The summed E-state index contributed by atoms with van der Waals surface area (Å²) in [5, 5.41) is 0.364. The van der Waals surface area contributed by atoms with Gasteiger partial charge in [0.05, 0.1) is 28.8 Å². The van der Waals surface area contributed by atoms with Crippen molar-refractivity contribution >= 4 is 34.9 Å². The van der Waals surface area contributed by atoms with E-state index in [0.29, 0.717) is 41.5 Å². The molecule has 1 aliphatic rings. The van der Waals surface area contributed by atoms with Crippen LogP contribution in [-0.2, 0) is 9.53 Å². The first-order valence-electron chi connectivity index (χ1n) is 6.74. The number of nitrogen functional groups attached to an aromatic ring is 1. The molecule has 6 nitrogen and oxygen atoms in total. The number of esters is 1. The Kier molecular flexibility index (Phi) is 4.57. The lowest BCUT2D eigenvalue weighted by molar-refractivity contribution is -0.121. The largest absolute Gasteiger partial charge is 0.462 e. The van der Waals surface area contributed by atoms with E-state index in [4.69, 9.17) is 27.8 Å². The van der Waals surface area contributed by atoms with Crippen LogP contribution in [0, 0.1) is 5.92 Å². The number of hydrogen-bond donors (Lipinski definition) is 2. The van der Waals surface area contributed by atoms with Crippen molar-refractivity contribution in [1.82, 2.24) is 0 Å². The van der Waals surface area contributed by atoms with E-state index >= 15 is 0 Å². The van der Waals surface area contributed by atoms with Crippen LogP contribution >= 0.6 is 11.6 Å². The summed E-state index contributed by atoms with van der Waals surface area (Å²) in [6, 6.07) is 3.12. The summed E-state index contributed by atoms with van der Waals surface area (Å²) in [5.41, 5.74) is 12.3. The van der Waals surface area contributed by atoms with Crippen molar-refractivity contribution < 1.29 is 14.3 Å². The number of ether oxygens (including phenoxy) is 1. The van der Waals surface area contributed by atoms with E-state index < -0.39 is 5.97 Å². The number of hydrogen-bond acceptors (Lipinski definition) is 5. The third-order valence-electron chi connectivity index (χ3n) is 3.49. The maximum absolute atomic E-state index is 12.1. The van der Waals surface area contributed by atoms with Crippen molar-refractivity contribution in [3.8, 4) is 0 Å². The average Bonchev–Trinajstić information content (AvgIpc) is 2.87. The summed E-state index contributed by atoms with van der Waals surface area (Å²) < 4.78 is 5.04. The van der Waals surface area contributed by atoms with Crippen molar-refractivity contribution in [2.45, 2.75) is 13.3 Å². The van der Waals surface area contributed by atoms with Gasteiger partial charge in [0, 0.05) is 18.8 Å². The van der Waals surface area contributed by atoms with E-state index in [0.717, 1.165) is 0 Å². The second-order valence-corrected chi connectivity index (χ2v) is 5.36. The van der Waals surface area contributed by atoms with Gasteiger partial charge in [-0.05, 0) is 25.5 Å². The predicted octanol–water partition coefficient (Wildman–Crippen LogP) is 1.41. The fourth-order valence-electron chi connectivity index (χ4n) is 2.50. The standard InChI is InChI=1S/C14H18ClN3O3/c1-2-21-14(20)10-5-9(16)6-11(15)12(10)18-4-3-8(7-18)13(17)19/h5-6,8H,2-4,7,16H2,1H3,(H2,17,19). The molecule has 1 amide bonds. The van der Waals surface area contributed by atoms with Gasteiger partial charge in [-0.25, -0.2) is 4.79 Å². The molecule has 1 aliphatic heterocycles. The fraction of sp³-hybridized carbons (Fsp3) is 0.429. The van der Waals surface area contributed by atoms with Gasteiger partial charge in [-0.15, -0.1) is 0 Å². The number of nitrogens with two attached hydrogens (primary N) is 2.